The van der Waals surface area contributed by atoms with Gasteiger partial charge in [-0.3, -0.25) is 4.79 Å². The van der Waals surface area contributed by atoms with Crippen LogP contribution in [-0.4, -0.2) is 5.91 Å². The van der Waals surface area contributed by atoms with Crippen molar-refractivity contribution in [2.24, 2.45) is 0 Å². The fraction of sp³-hybridized carbons (Fsp3) is 0.364. The van der Waals surface area contributed by atoms with Crippen molar-refractivity contribution in [2.45, 2.75) is 26.7 Å². The fourth-order valence-electron chi connectivity index (χ4n) is 1.18. The average molecular weight is 212 g/mol. The van der Waals surface area contributed by atoms with E-state index in [0.717, 1.165) is 0 Å². The van der Waals surface area contributed by atoms with Crippen LogP contribution in [0.15, 0.2) is 18.2 Å². The van der Waals surface area contributed by atoms with Gasteiger partial charge in [0.1, 0.15) is 0 Å². The van der Waals surface area contributed by atoms with E-state index in [-0.39, 0.29) is 5.91 Å². The average Bonchev–Trinajstić information content (AvgIpc) is 2.07. The predicted molar refractivity (Wildman–Crippen MR) is 59.8 cm³/mol. The first-order valence-electron chi connectivity index (χ1n) is 4.57. The number of carbonyl (C=O) groups excluding carboxylic acids is 1. The minimum absolute atomic E-state index is 0.107. The number of amides is 1. The first-order chi connectivity index (χ1) is 6.50. The number of hydrogen-bond donors (Lipinski definition) is 1. The van der Waals surface area contributed by atoms with E-state index >= 15 is 0 Å². The highest BCUT2D eigenvalue weighted by atomic mass is 35.5. The molecule has 0 aromatic heterocycles. The fourth-order valence-corrected chi connectivity index (χ4v) is 1.42. The molecule has 0 heterocycles. The number of anilines is 1. The zero-order valence-corrected chi connectivity index (χ0v) is 9.35. The highest BCUT2D eigenvalue weighted by Crippen LogP contribution is 2.26. The van der Waals surface area contributed by atoms with Gasteiger partial charge in [0.05, 0.1) is 10.7 Å². The molecule has 0 radical (unpaired) electrons. The van der Waals surface area contributed by atoms with E-state index in [1.807, 2.05) is 18.2 Å². The summed E-state index contributed by atoms with van der Waals surface area (Å²) in [5.41, 5.74) is 1.84. The molecule has 1 aromatic carbocycles. The Balaban J connectivity index is 2.95. The Hall–Kier alpha value is -1.02. The summed E-state index contributed by atoms with van der Waals surface area (Å²) in [5.74, 6) is 0.336. The molecule has 0 saturated carbocycles. The zero-order chi connectivity index (χ0) is 10.7. The minimum Gasteiger partial charge on any atom is -0.325 e. The molecule has 0 spiro atoms. The summed E-state index contributed by atoms with van der Waals surface area (Å²) in [6, 6.07) is 5.69. The molecule has 0 fully saturated rings. The van der Waals surface area contributed by atoms with Crippen LogP contribution >= 0.6 is 11.6 Å². The lowest BCUT2D eigenvalue weighted by Gasteiger charge is -2.09. The molecule has 1 N–H and O–H groups in total. The van der Waals surface area contributed by atoms with Crippen LogP contribution in [-0.2, 0) is 4.79 Å². The molecule has 0 unspecified atom stereocenters. The Labute approximate surface area is 89.3 Å². The van der Waals surface area contributed by atoms with Crippen molar-refractivity contribution in [1.29, 1.82) is 0 Å². The van der Waals surface area contributed by atoms with Gasteiger partial charge < -0.3 is 5.32 Å². The second-order valence-corrected chi connectivity index (χ2v) is 3.98. The van der Waals surface area contributed by atoms with Crippen LogP contribution in [0, 0.1) is 0 Å². The van der Waals surface area contributed by atoms with Crippen LogP contribution in [0.25, 0.3) is 0 Å². The maximum Gasteiger partial charge on any atom is 0.221 e. The van der Waals surface area contributed by atoms with Crippen LogP contribution in [0.5, 0.6) is 0 Å². The summed E-state index contributed by atoms with van der Waals surface area (Å²) in [5, 5.41) is 3.26. The quantitative estimate of drug-likeness (QED) is 0.798. The summed E-state index contributed by atoms with van der Waals surface area (Å²) >= 11 is 6.00. The Bertz CT molecular complexity index is 347. The molecule has 1 rings (SSSR count). The van der Waals surface area contributed by atoms with Crippen LogP contribution in [0.4, 0.5) is 5.69 Å². The lowest BCUT2D eigenvalue weighted by molar-refractivity contribution is -0.114. The van der Waals surface area contributed by atoms with Crippen molar-refractivity contribution < 1.29 is 4.79 Å². The molecule has 76 valence electrons. The van der Waals surface area contributed by atoms with Crippen molar-refractivity contribution >= 4 is 23.2 Å². The van der Waals surface area contributed by atoms with Gasteiger partial charge in [0.15, 0.2) is 0 Å². The van der Waals surface area contributed by atoms with Crippen molar-refractivity contribution in [1.82, 2.24) is 0 Å². The van der Waals surface area contributed by atoms with E-state index in [4.69, 9.17) is 11.6 Å². The summed E-state index contributed by atoms with van der Waals surface area (Å²) in [4.78, 5) is 10.8. The van der Waals surface area contributed by atoms with E-state index in [1.165, 1.54) is 12.5 Å². The topological polar surface area (TPSA) is 29.1 Å². The molecule has 2 nitrogen and oxygen atoms in total. The van der Waals surface area contributed by atoms with Gasteiger partial charge in [-0.15, -0.1) is 0 Å². The number of carbonyl (C=O) groups is 1. The summed E-state index contributed by atoms with van der Waals surface area (Å²) in [6.45, 7) is 5.67. The molecule has 0 bridgehead atoms. The second-order valence-electron chi connectivity index (χ2n) is 3.58. The third-order valence-electron chi connectivity index (χ3n) is 1.97. The Morgan fingerprint density at radius 2 is 2.07 bits per heavy atom. The van der Waals surface area contributed by atoms with E-state index in [1.54, 1.807) is 0 Å². The summed E-state index contributed by atoms with van der Waals surface area (Å²) in [7, 11) is 0. The minimum atomic E-state index is -0.107. The summed E-state index contributed by atoms with van der Waals surface area (Å²) < 4.78 is 0. The number of halogens is 1. The van der Waals surface area contributed by atoms with E-state index in [2.05, 4.69) is 19.2 Å². The van der Waals surface area contributed by atoms with Crippen molar-refractivity contribution in [3.05, 3.63) is 28.8 Å². The molecule has 0 saturated heterocycles. The maximum absolute atomic E-state index is 10.8. The van der Waals surface area contributed by atoms with Gasteiger partial charge in [-0.2, -0.15) is 0 Å². The van der Waals surface area contributed by atoms with E-state index in [9.17, 15) is 4.79 Å². The number of rotatable bonds is 2. The normalized spacial score (nSPS) is 10.4. The lowest BCUT2D eigenvalue weighted by atomic mass is 10.0. The Morgan fingerprint density at radius 3 is 2.50 bits per heavy atom. The van der Waals surface area contributed by atoms with E-state index in [0.29, 0.717) is 16.6 Å². The van der Waals surface area contributed by atoms with Crippen molar-refractivity contribution in [3.63, 3.8) is 0 Å². The number of benzene rings is 1. The van der Waals surface area contributed by atoms with E-state index < -0.39 is 0 Å². The molecule has 14 heavy (non-hydrogen) atoms. The van der Waals surface area contributed by atoms with Crippen molar-refractivity contribution in [3.8, 4) is 0 Å². The molecule has 3 heteroatoms. The van der Waals surface area contributed by atoms with Gasteiger partial charge in [-0.05, 0) is 23.6 Å². The zero-order valence-electron chi connectivity index (χ0n) is 8.60. The molecular formula is C11H14ClNO. The van der Waals surface area contributed by atoms with Gasteiger partial charge in [-0.25, -0.2) is 0 Å². The predicted octanol–water partition coefficient (Wildman–Crippen LogP) is 3.42. The monoisotopic (exact) mass is 211 g/mol. The summed E-state index contributed by atoms with van der Waals surface area (Å²) in [6.07, 6.45) is 0. The van der Waals surface area contributed by atoms with Crippen molar-refractivity contribution in [2.75, 3.05) is 5.32 Å². The lowest BCUT2D eigenvalue weighted by Crippen LogP contribution is -2.06. The van der Waals surface area contributed by atoms with Gasteiger partial charge in [-0.1, -0.05) is 31.5 Å². The smallest absolute Gasteiger partial charge is 0.221 e. The molecular weight excluding hydrogens is 198 g/mol. The Morgan fingerprint density at radius 1 is 1.43 bits per heavy atom. The standard InChI is InChI=1S/C11H14ClNO/c1-7(2)9-4-5-11(10(12)6-9)13-8(3)14/h4-7H,1-3H3,(H,13,14). The number of hydrogen-bond acceptors (Lipinski definition) is 1. The van der Waals surface area contributed by atoms with Gasteiger partial charge in [0.25, 0.3) is 0 Å². The SMILES string of the molecule is CC(=O)Nc1ccc(C(C)C)cc1Cl. The highest BCUT2D eigenvalue weighted by molar-refractivity contribution is 6.33. The largest absolute Gasteiger partial charge is 0.325 e. The van der Waals surface area contributed by atoms with Crippen LogP contribution < -0.4 is 5.32 Å². The second kappa shape index (κ2) is 4.47. The Kier molecular flexibility index (Phi) is 3.53. The first kappa shape index (κ1) is 11.1. The number of nitrogens with one attached hydrogen (secondary N) is 1. The first-order valence-corrected chi connectivity index (χ1v) is 4.95. The van der Waals surface area contributed by atoms with Crippen LogP contribution in [0.1, 0.15) is 32.3 Å². The molecule has 0 aliphatic heterocycles. The molecule has 1 aromatic rings. The molecule has 0 aliphatic rings. The maximum atomic E-state index is 10.8. The molecule has 1 amide bonds. The highest BCUT2D eigenvalue weighted by Gasteiger charge is 2.05. The third kappa shape index (κ3) is 2.74. The molecule has 0 aliphatic carbocycles. The van der Waals surface area contributed by atoms with Crippen LogP contribution in [0.2, 0.25) is 5.02 Å². The molecule has 0 atom stereocenters. The van der Waals surface area contributed by atoms with Gasteiger partial charge in [0.2, 0.25) is 5.91 Å². The van der Waals surface area contributed by atoms with Crippen LogP contribution in [0.3, 0.4) is 0 Å². The van der Waals surface area contributed by atoms with Gasteiger partial charge >= 0.3 is 0 Å². The third-order valence-corrected chi connectivity index (χ3v) is 2.28. The van der Waals surface area contributed by atoms with Gasteiger partial charge in [0, 0.05) is 6.92 Å².